The highest BCUT2D eigenvalue weighted by Gasteiger charge is 2.23. The lowest BCUT2D eigenvalue weighted by molar-refractivity contribution is 0.121. The third-order valence-corrected chi connectivity index (χ3v) is 7.57. The normalized spacial score (nSPS) is 14.0. The smallest absolute Gasteiger partial charge is 0.412 e. The molecule has 1 fully saturated rings. The molecule has 172 valence electrons. The minimum atomic E-state index is -0.537. The summed E-state index contributed by atoms with van der Waals surface area (Å²) in [5.74, 6) is 0.756. The highest BCUT2D eigenvalue weighted by atomic mass is 35.5. The van der Waals surface area contributed by atoms with Crippen LogP contribution in [0.4, 0.5) is 10.5 Å². The molecule has 1 saturated carbocycles. The maximum Gasteiger partial charge on any atom is 0.412 e. The molecule has 0 saturated heterocycles. The Balaban J connectivity index is 1.29. The molecule has 0 aliphatic heterocycles. The van der Waals surface area contributed by atoms with Gasteiger partial charge in [-0.25, -0.2) is 4.79 Å². The van der Waals surface area contributed by atoms with Crippen LogP contribution in [-0.2, 0) is 4.74 Å². The van der Waals surface area contributed by atoms with E-state index in [0.29, 0.717) is 15.0 Å². The van der Waals surface area contributed by atoms with Gasteiger partial charge in [0.25, 0.3) is 0 Å². The minimum Gasteiger partial charge on any atom is -0.441 e. The van der Waals surface area contributed by atoms with Crippen molar-refractivity contribution in [3.63, 3.8) is 0 Å². The number of anilines is 1. The number of rotatable bonds is 6. The Kier molecular flexibility index (Phi) is 6.64. The summed E-state index contributed by atoms with van der Waals surface area (Å²) in [5.41, 5.74) is 6.25. The van der Waals surface area contributed by atoms with E-state index in [-0.39, 0.29) is 0 Å². The Labute approximate surface area is 213 Å². The topological polar surface area (TPSA) is 38.3 Å². The number of carbonyl (C=O) groups excluding carboxylic acids is 1. The number of hydrogen-bond donors (Lipinski definition) is 1. The predicted octanol–water partition coefficient (Wildman–Crippen LogP) is 9.58. The molecule has 0 bridgehead atoms. The molecular formula is C28H23Cl2NO2S. The average molecular weight is 508 g/mol. The summed E-state index contributed by atoms with van der Waals surface area (Å²) >= 11 is 13.7. The van der Waals surface area contributed by atoms with Gasteiger partial charge in [-0.05, 0) is 71.7 Å². The summed E-state index contributed by atoms with van der Waals surface area (Å²) in [6.07, 6.45) is 1.66. The van der Waals surface area contributed by atoms with Gasteiger partial charge < -0.3 is 4.74 Å². The lowest BCUT2D eigenvalue weighted by Gasteiger charge is -2.14. The fraction of sp³-hybridized carbons (Fsp3) is 0.179. The maximum atomic E-state index is 12.6. The molecule has 34 heavy (non-hydrogen) atoms. The van der Waals surface area contributed by atoms with Crippen LogP contribution in [-0.4, -0.2) is 6.09 Å². The molecule has 1 N–H and O–H groups in total. The van der Waals surface area contributed by atoms with Crippen LogP contribution in [0.5, 0.6) is 0 Å². The first-order chi connectivity index (χ1) is 16.5. The number of carbonyl (C=O) groups is 1. The van der Waals surface area contributed by atoms with E-state index in [4.69, 9.17) is 27.9 Å². The molecule has 4 aromatic rings. The van der Waals surface area contributed by atoms with Crippen LogP contribution in [0.25, 0.3) is 21.6 Å². The molecule has 0 spiro atoms. The predicted molar refractivity (Wildman–Crippen MR) is 142 cm³/mol. The van der Waals surface area contributed by atoms with Crippen LogP contribution in [0.1, 0.15) is 42.9 Å². The van der Waals surface area contributed by atoms with E-state index in [1.165, 1.54) is 35.3 Å². The molecule has 1 aliphatic rings. The van der Waals surface area contributed by atoms with Gasteiger partial charge in [0.15, 0.2) is 0 Å². The molecule has 0 radical (unpaired) electrons. The van der Waals surface area contributed by atoms with Gasteiger partial charge in [-0.1, -0.05) is 83.9 Å². The number of hydrogen-bond acceptors (Lipinski definition) is 3. The highest BCUT2D eigenvalue weighted by Crippen LogP contribution is 2.42. The number of nitrogens with one attached hydrogen (secondary N) is 1. The van der Waals surface area contributed by atoms with Gasteiger partial charge >= 0.3 is 6.09 Å². The summed E-state index contributed by atoms with van der Waals surface area (Å²) in [4.78, 5) is 13.5. The van der Waals surface area contributed by atoms with Crippen molar-refractivity contribution in [2.24, 2.45) is 0 Å². The van der Waals surface area contributed by atoms with Crippen LogP contribution in [0.3, 0.4) is 0 Å². The molecule has 5 rings (SSSR count). The molecule has 1 amide bonds. The molecular weight excluding hydrogens is 485 g/mol. The fourth-order valence-electron chi connectivity index (χ4n) is 3.95. The third-order valence-electron chi connectivity index (χ3n) is 6.00. The van der Waals surface area contributed by atoms with E-state index >= 15 is 0 Å². The van der Waals surface area contributed by atoms with Crippen molar-refractivity contribution in [2.45, 2.75) is 31.8 Å². The van der Waals surface area contributed by atoms with Gasteiger partial charge in [-0.3, -0.25) is 5.32 Å². The van der Waals surface area contributed by atoms with Crippen LogP contribution < -0.4 is 5.32 Å². The lowest BCUT2D eigenvalue weighted by Crippen LogP contribution is -2.16. The summed E-state index contributed by atoms with van der Waals surface area (Å²) < 4.78 is 6.15. The van der Waals surface area contributed by atoms with Crippen LogP contribution in [0, 0.1) is 0 Å². The summed E-state index contributed by atoms with van der Waals surface area (Å²) in [6.45, 7) is 1.82. The van der Waals surface area contributed by atoms with E-state index < -0.39 is 12.2 Å². The van der Waals surface area contributed by atoms with E-state index in [2.05, 4.69) is 53.8 Å². The average Bonchev–Trinajstić information content (AvgIpc) is 3.62. The molecule has 1 aromatic heterocycles. The van der Waals surface area contributed by atoms with Crippen LogP contribution >= 0.6 is 34.5 Å². The van der Waals surface area contributed by atoms with Crippen molar-refractivity contribution in [2.75, 3.05) is 5.32 Å². The van der Waals surface area contributed by atoms with Gasteiger partial charge in [-0.2, -0.15) is 0 Å². The Morgan fingerprint density at radius 2 is 1.50 bits per heavy atom. The van der Waals surface area contributed by atoms with Crippen molar-refractivity contribution < 1.29 is 9.53 Å². The zero-order valence-electron chi connectivity index (χ0n) is 18.6. The number of thiophene rings is 1. The second kappa shape index (κ2) is 9.83. The van der Waals surface area contributed by atoms with Gasteiger partial charge in [0.05, 0.1) is 14.9 Å². The zero-order chi connectivity index (χ0) is 23.7. The SMILES string of the molecule is CC(OC(=O)Nc1cc(Cl)sc1-c1ccc(-c2ccc(C3CC3)cc2)cc1)c1ccc(Cl)cc1. The third kappa shape index (κ3) is 5.30. The molecule has 3 nitrogen and oxygen atoms in total. The van der Waals surface area contributed by atoms with E-state index in [1.54, 1.807) is 18.2 Å². The van der Waals surface area contributed by atoms with Gasteiger partial charge in [-0.15, -0.1) is 11.3 Å². The van der Waals surface area contributed by atoms with Crippen molar-refractivity contribution >= 4 is 46.3 Å². The summed E-state index contributed by atoms with van der Waals surface area (Å²) in [5, 5.41) is 3.49. The van der Waals surface area contributed by atoms with Crippen molar-refractivity contribution in [1.29, 1.82) is 0 Å². The van der Waals surface area contributed by atoms with E-state index in [1.807, 2.05) is 19.1 Å². The Morgan fingerprint density at radius 1 is 0.912 bits per heavy atom. The Hall–Kier alpha value is -2.79. The highest BCUT2D eigenvalue weighted by molar-refractivity contribution is 7.20. The molecule has 1 unspecified atom stereocenters. The van der Waals surface area contributed by atoms with E-state index in [0.717, 1.165) is 27.5 Å². The number of halogens is 2. The molecule has 3 aromatic carbocycles. The molecule has 6 heteroatoms. The van der Waals surface area contributed by atoms with Crippen LogP contribution in [0.15, 0.2) is 78.9 Å². The van der Waals surface area contributed by atoms with Crippen LogP contribution in [0.2, 0.25) is 9.36 Å². The van der Waals surface area contributed by atoms with Gasteiger partial charge in [0, 0.05) is 5.02 Å². The number of amides is 1. The lowest BCUT2D eigenvalue weighted by atomic mass is 10.0. The van der Waals surface area contributed by atoms with Crippen molar-refractivity contribution in [1.82, 2.24) is 0 Å². The first-order valence-corrected chi connectivity index (χ1v) is 12.8. The fourth-order valence-corrected chi connectivity index (χ4v) is 5.26. The first kappa shape index (κ1) is 23.0. The largest absolute Gasteiger partial charge is 0.441 e. The Bertz CT molecular complexity index is 1290. The standard InChI is InChI=1S/C28H23Cl2NO2S/c1-17(18-12-14-24(29)15-13-18)33-28(32)31-25-16-26(30)34-27(25)23-10-8-22(9-11-23)21-6-4-20(5-7-21)19-2-3-19/h4-17,19H,2-3H2,1H3,(H,31,32). The second-order valence-corrected chi connectivity index (χ2v) is 10.6. The van der Waals surface area contributed by atoms with Crippen molar-refractivity contribution in [3.8, 4) is 21.6 Å². The summed E-state index contributed by atoms with van der Waals surface area (Å²) in [7, 11) is 0. The molecule has 1 aliphatic carbocycles. The maximum absolute atomic E-state index is 12.6. The summed E-state index contributed by atoms with van der Waals surface area (Å²) in [6, 6.07) is 26.1. The minimum absolute atomic E-state index is 0.416. The quantitative estimate of drug-likeness (QED) is 0.282. The van der Waals surface area contributed by atoms with Gasteiger partial charge in [0.1, 0.15) is 6.10 Å². The number of benzene rings is 3. The molecule has 1 heterocycles. The molecule has 1 atom stereocenters. The Morgan fingerprint density at radius 3 is 2.12 bits per heavy atom. The van der Waals surface area contributed by atoms with E-state index in [9.17, 15) is 4.79 Å². The first-order valence-electron chi connectivity index (χ1n) is 11.2. The zero-order valence-corrected chi connectivity index (χ0v) is 20.9. The van der Waals surface area contributed by atoms with Gasteiger partial charge in [0.2, 0.25) is 0 Å². The second-order valence-electron chi connectivity index (χ2n) is 8.49. The monoisotopic (exact) mass is 507 g/mol. The number of ether oxygens (including phenoxy) is 1. The van der Waals surface area contributed by atoms with Crippen molar-refractivity contribution in [3.05, 3.63) is 99.3 Å².